The fourth-order valence-corrected chi connectivity index (χ4v) is 3.61. The molecule has 0 amide bonds. The fraction of sp³-hybridized carbons (Fsp3) is 0.391. The molecule has 0 saturated carbocycles. The summed E-state index contributed by atoms with van der Waals surface area (Å²) in [4.78, 5) is 6.46. The third kappa shape index (κ3) is 4.14. The van der Waals surface area contributed by atoms with E-state index in [4.69, 9.17) is 13.6 Å². The molecule has 6 nitrogen and oxygen atoms in total. The van der Waals surface area contributed by atoms with E-state index in [1.807, 2.05) is 24.3 Å². The SMILES string of the molecule is Cc1ccc(OCc2ccc(-c3nc(C#N)c(N4CCC[C@H](C)C4)o3)o2)cc1C. The van der Waals surface area contributed by atoms with Gasteiger partial charge in [0, 0.05) is 13.1 Å². The van der Waals surface area contributed by atoms with Gasteiger partial charge in [0.25, 0.3) is 5.89 Å². The van der Waals surface area contributed by atoms with E-state index in [0.29, 0.717) is 41.5 Å². The average Bonchev–Trinajstić information content (AvgIpc) is 3.35. The van der Waals surface area contributed by atoms with Crippen molar-refractivity contribution in [3.05, 3.63) is 52.9 Å². The van der Waals surface area contributed by atoms with Gasteiger partial charge in [-0.05, 0) is 68.0 Å². The Morgan fingerprint density at radius 1 is 1.21 bits per heavy atom. The molecule has 0 N–H and O–H groups in total. The van der Waals surface area contributed by atoms with E-state index < -0.39 is 0 Å². The van der Waals surface area contributed by atoms with E-state index in [1.54, 1.807) is 6.07 Å². The van der Waals surface area contributed by atoms with Crippen LogP contribution in [0.4, 0.5) is 5.88 Å². The summed E-state index contributed by atoms with van der Waals surface area (Å²) in [6.07, 6.45) is 2.28. The molecular weight excluding hydrogens is 366 g/mol. The van der Waals surface area contributed by atoms with Crippen molar-refractivity contribution in [3.8, 4) is 23.5 Å². The molecule has 29 heavy (non-hydrogen) atoms. The van der Waals surface area contributed by atoms with Crippen molar-refractivity contribution in [2.75, 3.05) is 18.0 Å². The standard InChI is InChI=1S/C23H25N3O3/c1-15-5-4-10-26(13-15)23-20(12-24)25-22(29-23)21-9-8-19(28-21)14-27-18-7-6-16(2)17(3)11-18/h6-9,11,15H,4-5,10,13-14H2,1-3H3/t15-/m0/s1. The van der Waals surface area contributed by atoms with Crippen molar-refractivity contribution in [2.45, 2.75) is 40.2 Å². The smallest absolute Gasteiger partial charge is 0.266 e. The minimum atomic E-state index is 0.304. The number of hydrogen-bond acceptors (Lipinski definition) is 6. The van der Waals surface area contributed by atoms with Crippen LogP contribution in [0.1, 0.15) is 42.3 Å². The summed E-state index contributed by atoms with van der Waals surface area (Å²) in [6.45, 7) is 8.40. The second-order valence-electron chi connectivity index (χ2n) is 7.78. The minimum Gasteiger partial charge on any atom is -0.486 e. The highest BCUT2D eigenvalue weighted by molar-refractivity contribution is 5.56. The quantitative estimate of drug-likeness (QED) is 0.592. The highest BCUT2D eigenvalue weighted by Crippen LogP contribution is 2.32. The van der Waals surface area contributed by atoms with Gasteiger partial charge in [0.05, 0.1) is 0 Å². The van der Waals surface area contributed by atoms with Crippen molar-refractivity contribution in [2.24, 2.45) is 5.92 Å². The zero-order valence-corrected chi connectivity index (χ0v) is 17.1. The summed E-state index contributed by atoms with van der Waals surface area (Å²) >= 11 is 0. The summed E-state index contributed by atoms with van der Waals surface area (Å²) in [5.74, 6) is 3.40. The molecule has 4 rings (SSSR count). The molecule has 1 aliphatic rings. The summed E-state index contributed by atoms with van der Waals surface area (Å²) in [5.41, 5.74) is 2.72. The number of anilines is 1. The van der Waals surface area contributed by atoms with Crippen molar-refractivity contribution >= 4 is 5.88 Å². The van der Waals surface area contributed by atoms with Gasteiger partial charge in [0.2, 0.25) is 11.6 Å². The van der Waals surface area contributed by atoms with Crippen molar-refractivity contribution < 1.29 is 13.6 Å². The molecule has 150 valence electrons. The van der Waals surface area contributed by atoms with Gasteiger partial charge in [-0.15, -0.1) is 0 Å². The Kier molecular flexibility index (Phi) is 5.30. The predicted molar refractivity (Wildman–Crippen MR) is 110 cm³/mol. The maximum absolute atomic E-state index is 9.48. The van der Waals surface area contributed by atoms with E-state index in [0.717, 1.165) is 25.3 Å². The number of rotatable bonds is 5. The van der Waals surface area contributed by atoms with Crippen molar-refractivity contribution in [3.63, 3.8) is 0 Å². The third-order valence-electron chi connectivity index (χ3n) is 5.39. The summed E-state index contributed by atoms with van der Waals surface area (Å²) in [5, 5.41) is 9.48. The fourth-order valence-electron chi connectivity index (χ4n) is 3.61. The largest absolute Gasteiger partial charge is 0.486 e. The molecule has 0 aliphatic carbocycles. The molecule has 3 heterocycles. The van der Waals surface area contributed by atoms with Gasteiger partial charge in [0.15, 0.2) is 5.76 Å². The molecule has 3 aromatic rings. The Morgan fingerprint density at radius 2 is 2.07 bits per heavy atom. The maximum Gasteiger partial charge on any atom is 0.266 e. The van der Waals surface area contributed by atoms with Crippen LogP contribution in [-0.2, 0) is 6.61 Å². The zero-order valence-electron chi connectivity index (χ0n) is 17.1. The predicted octanol–water partition coefficient (Wildman–Crippen LogP) is 5.24. The number of nitrogens with zero attached hydrogens (tertiary/aromatic N) is 3. The van der Waals surface area contributed by atoms with E-state index in [-0.39, 0.29) is 0 Å². The molecule has 0 spiro atoms. The number of benzene rings is 1. The topological polar surface area (TPSA) is 75.4 Å². The lowest BCUT2D eigenvalue weighted by Gasteiger charge is -2.30. The number of furan rings is 1. The van der Waals surface area contributed by atoms with Gasteiger partial charge in [-0.1, -0.05) is 13.0 Å². The second-order valence-corrected chi connectivity index (χ2v) is 7.78. The molecule has 1 atom stereocenters. The number of piperidine rings is 1. The van der Waals surface area contributed by atoms with Gasteiger partial charge >= 0.3 is 0 Å². The van der Waals surface area contributed by atoms with Crippen LogP contribution in [-0.4, -0.2) is 18.1 Å². The normalized spacial score (nSPS) is 16.6. The van der Waals surface area contributed by atoms with Crippen LogP contribution in [0.2, 0.25) is 0 Å². The van der Waals surface area contributed by atoms with Crippen molar-refractivity contribution in [1.82, 2.24) is 4.98 Å². The Hall–Kier alpha value is -3.20. The highest BCUT2D eigenvalue weighted by Gasteiger charge is 2.25. The van der Waals surface area contributed by atoms with Gasteiger partial charge < -0.3 is 18.5 Å². The van der Waals surface area contributed by atoms with Crippen LogP contribution < -0.4 is 9.64 Å². The number of nitriles is 1. The van der Waals surface area contributed by atoms with Crippen LogP contribution in [0.15, 0.2) is 39.2 Å². The van der Waals surface area contributed by atoms with E-state index >= 15 is 0 Å². The van der Waals surface area contributed by atoms with Gasteiger partial charge in [-0.25, -0.2) is 0 Å². The molecule has 6 heteroatoms. The average molecular weight is 391 g/mol. The summed E-state index contributed by atoms with van der Waals surface area (Å²) in [7, 11) is 0. The van der Waals surface area contributed by atoms with Gasteiger partial charge in [-0.3, -0.25) is 0 Å². The number of hydrogen-bond donors (Lipinski definition) is 0. The Morgan fingerprint density at radius 3 is 2.83 bits per heavy atom. The first-order valence-electron chi connectivity index (χ1n) is 9.98. The van der Waals surface area contributed by atoms with Crippen LogP contribution in [0.5, 0.6) is 5.75 Å². The lowest BCUT2D eigenvalue weighted by Crippen LogP contribution is -2.34. The molecule has 1 saturated heterocycles. The lowest BCUT2D eigenvalue weighted by molar-refractivity contribution is 0.271. The number of aromatic nitrogens is 1. The Balaban J connectivity index is 1.49. The monoisotopic (exact) mass is 391 g/mol. The van der Waals surface area contributed by atoms with Crippen LogP contribution in [0.25, 0.3) is 11.7 Å². The molecule has 1 aliphatic heterocycles. The Bertz CT molecular complexity index is 1040. The number of ether oxygens (including phenoxy) is 1. The zero-order chi connectivity index (χ0) is 20.4. The first-order chi connectivity index (χ1) is 14.0. The van der Waals surface area contributed by atoms with E-state index in [1.165, 1.54) is 17.5 Å². The summed E-state index contributed by atoms with van der Waals surface area (Å²) in [6, 6.07) is 11.8. The highest BCUT2D eigenvalue weighted by atomic mass is 16.5. The molecular formula is C23H25N3O3. The minimum absolute atomic E-state index is 0.304. The maximum atomic E-state index is 9.48. The lowest BCUT2D eigenvalue weighted by atomic mass is 10.0. The first kappa shape index (κ1) is 19.1. The molecule has 1 aromatic carbocycles. The number of oxazole rings is 1. The third-order valence-corrected chi connectivity index (χ3v) is 5.39. The van der Waals surface area contributed by atoms with E-state index in [2.05, 4.69) is 36.7 Å². The molecule has 0 unspecified atom stereocenters. The van der Waals surface area contributed by atoms with Crippen molar-refractivity contribution in [1.29, 1.82) is 5.26 Å². The van der Waals surface area contributed by atoms with E-state index in [9.17, 15) is 5.26 Å². The molecule has 0 bridgehead atoms. The molecule has 1 fully saturated rings. The first-order valence-corrected chi connectivity index (χ1v) is 9.98. The second kappa shape index (κ2) is 8.04. The van der Waals surface area contributed by atoms with Gasteiger partial charge in [-0.2, -0.15) is 10.2 Å². The molecule has 2 aromatic heterocycles. The van der Waals surface area contributed by atoms with Gasteiger partial charge in [0.1, 0.15) is 24.2 Å². The Labute approximate surface area is 170 Å². The van der Waals surface area contributed by atoms with Crippen LogP contribution in [0, 0.1) is 31.1 Å². The summed E-state index contributed by atoms with van der Waals surface area (Å²) < 4.78 is 17.6. The number of aryl methyl sites for hydroxylation is 2. The molecule has 0 radical (unpaired) electrons. The van der Waals surface area contributed by atoms with Crippen LogP contribution in [0.3, 0.4) is 0 Å². The van der Waals surface area contributed by atoms with Crippen LogP contribution >= 0.6 is 0 Å².